The van der Waals surface area contributed by atoms with Crippen molar-refractivity contribution in [3.05, 3.63) is 51.5 Å². The Bertz CT molecular complexity index is 661. The molecule has 0 amide bonds. The summed E-state index contributed by atoms with van der Waals surface area (Å²) in [6.45, 7) is 0. The zero-order chi connectivity index (χ0) is 14.7. The van der Waals surface area contributed by atoms with Crippen LogP contribution in [0.4, 0.5) is 22.7 Å². The Morgan fingerprint density at radius 1 is 1.30 bits per heavy atom. The summed E-state index contributed by atoms with van der Waals surface area (Å²) in [7, 11) is 1.53. The molecule has 0 heterocycles. The molecule has 0 radical (unpaired) electrons. The van der Waals surface area contributed by atoms with Crippen LogP contribution in [0.5, 0.6) is 5.75 Å². The van der Waals surface area contributed by atoms with Crippen molar-refractivity contribution in [3.8, 4) is 5.75 Å². The van der Waals surface area contributed by atoms with Crippen molar-refractivity contribution in [2.75, 3.05) is 18.2 Å². The third-order valence-electron chi connectivity index (χ3n) is 2.68. The van der Waals surface area contributed by atoms with Crippen LogP contribution >= 0.6 is 11.6 Å². The smallest absolute Gasteiger partial charge is 0.271 e. The fourth-order valence-electron chi connectivity index (χ4n) is 1.68. The topological polar surface area (TPSA) is 90.4 Å². The number of ether oxygens (including phenoxy) is 1. The van der Waals surface area contributed by atoms with Crippen molar-refractivity contribution in [1.82, 2.24) is 0 Å². The van der Waals surface area contributed by atoms with Crippen molar-refractivity contribution >= 4 is 34.4 Å². The first-order valence-electron chi connectivity index (χ1n) is 5.65. The van der Waals surface area contributed by atoms with Gasteiger partial charge in [-0.25, -0.2) is 0 Å². The molecule has 7 heteroatoms. The molecule has 3 N–H and O–H groups in total. The molecule has 0 fully saturated rings. The van der Waals surface area contributed by atoms with Crippen LogP contribution in [0.2, 0.25) is 5.02 Å². The van der Waals surface area contributed by atoms with Crippen LogP contribution in [-0.2, 0) is 0 Å². The molecule has 0 aliphatic heterocycles. The van der Waals surface area contributed by atoms with E-state index in [1.54, 1.807) is 24.3 Å². The highest BCUT2D eigenvalue weighted by Gasteiger charge is 2.09. The SMILES string of the molecule is COc1ccc(Nc2ccc([N+](=O)[O-])cc2N)cc1Cl. The van der Waals surface area contributed by atoms with Crippen molar-refractivity contribution < 1.29 is 9.66 Å². The van der Waals surface area contributed by atoms with Gasteiger partial charge in [-0.3, -0.25) is 10.1 Å². The summed E-state index contributed by atoms with van der Waals surface area (Å²) in [5.41, 5.74) is 7.28. The number of methoxy groups -OCH3 is 1. The molecule has 104 valence electrons. The zero-order valence-electron chi connectivity index (χ0n) is 10.6. The maximum atomic E-state index is 10.6. The molecule has 0 spiro atoms. The fourth-order valence-corrected chi connectivity index (χ4v) is 1.93. The summed E-state index contributed by atoms with van der Waals surface area (Å²) in [6.07, 6.45) is 0. The molecule has 2 aromatic rings. The first-order valence-corrected chi connectivity index (χ1v) is 6.03. The maximum Gasteiger partial charge on any atom is 0.271 e. The molecule has 2 aromatic carbocycles. The van der Waals surface area contributed by atoms with Crippen LogP contribution in [0.15, 0.2) is 36.4 Å². The standard InChI is InChI=1S/C13H12ClN3O3/c1-20-13-5-2-8(6-10(13)14)16-12-4-3-9(17(18)19)7-11(12)15/h2-7,16H,15H2,1H3. The average Bonchev–Trinajstić information content (AvgIpc) is 2.41. The highest BCUT2D eigenvalue weighted by molar-refractivity contribution is 6.32. The van der Waals surface area contributed by atoms with Gasteiger partial charge in [0.15, 0.2) is 0 Å². The van der Waals surface area contributed by atoms with Gasteiger partial charge in [-0.2, -0.15) is 0 Å². The Morgan fingerprint density at radius 2 is 2.05 bits per heavy atom. The second-order valence-corrected chi connectivity index (χ2v) is 4.41. The summed E-state index contributed by atoms with van der Waals surface area (Å²) in [5.74, 6) is 0.564. The molecule has 0 unspecified atom stereocenters. The van der Waals surface area contributed by atoms with Crippen LogP contribution in [-0.4, -0.2) is 12.0 Å². The highest BCUT2D eigenvalue weighted by atomic mass is 35.5. The van der Waals surface area contributed by atoms with Gasteiger partial charge in [-0.15, -0.1) is 0 Å². The summed E-state index contributed by atoms with van der Waals surface area (Å²) < 4.78 is 5.06. The number of nitrogens with two attached hydrogens (primary N) is 1. The number of nitro groups is 1. The molecule has 0 aliphatic carbocycles. The Labute approximate surface area is 120 Å². The predicted molar refractivity (Wildman–Crippen MR) is 78.8 cm³/mol. The number of rotatable bonds is 4. The van der Waals surface area contributed by atoms with E-state index in [0.717, 1.165) is 0 Å². The minimum Gasteiger partial charge on any atom is -0.495 e. The number of nitrogen functional groups attached to an aromatic ring is 1. The third-order valence-corrected chi connectivity index (χ3v) is 2.97. The van der Waals surface area contributed by atoms with Gasteiger partial charge in [0.25, 0.3) is 5.69 Å². The van der Waals surface area contributed by atoms with Crippen molar-refractivity contribution in [2.45, 2.75) is 0 Å². The van der Waals surface area contributed by atoms with E-state index in [1.165, 1.54) is 19.2 Å². The minimum atomic E-state index is -0.496. The first-order chi connectivity index (χ1) is 9.51. The van der Waals surface area contributed by atoms with Gasteiger partial charge in [0.05, 0.1) is 28.4 Å². The van der Waals surface area contributed by atoms with E-state index < -0.39 is 4.92 Å². The molecule has 20 heavy (non-hydrogen) atoms. The van der Waals surface area contributed by atoms with Gasteiger partial charge in [-0.05, 0) is 24.3 Å². The van der Waals surface area contributed by atoms with Crippen molar-refractivity contribution in [1.29, 1.82) is 0 Å². The lowest BCUT2D eigenvalue weighted by molar-refractivity contribution is -0.384. The molecule has 0 atom stereocenters. The summed E-state index contributed by atoms with van der Waals surface area (Å²) >= 11 is 6.02. The average molecular weight is 294 g/mol. The first kappa shape index (κ1) is 14.0. The zero-order valence-corrected chi connectivity index (χ0v) is 11.3. The number of hydrogen-bond donors (Lipinski definition) is 2. The summed E-state index contributed by atoms with van der Waals surface area (Å²) in [5, 5.41) is 14.1. The number of non-ortho nitro benzene ring substituents is 1. The van der Waals surface area contributed by atoms with Gasteiger partial charge in [0, 0.05) is 17.8 Å². The molecule has 0 bridgehead atoms. The van der Waals surface area contributed by atoms with E-state index in [9.17, 15) is 10.1 Å². The molecule has 0 aliphatic rings. The van der Waals surface area contributed by atoms with Crippen LogP contribution < -0.4 is 15.8 Å². The Morgan fingerprint density at radius 3 is 2.60 bits per heavy atom. The van der Waals surface area contributed by atoms with Crippen molar-refractivity contribution in [3.63, 3.8) is 0 Å². The minimum absolute atomic E-state index is 0.0548. The second kappa shape index (κ2) is 5.66. The second-order valence-electron chi connectivity index (χ2n) is 4.00. The largest absolute Gasteiger partial charge is 0.495 e. The number of anilines is 3. The van der Waals surface area contributed by atoms with Crippen LogP contribution in [0.1, 0.15) is 0 Å². The lowest BCUT2D eigenvalue weighted by atomic mass is 10.2. The molecule has 2 rings (SSSR count). The van der Waals surface area contributed by atoms with E-state index in [2.05, 4.69) is 5.32 Å². The lowest BCUT2D eigenvalue weighted by Gasteiger charge is -2.10. The predicted octanol–water partition coefficient (Wildman–Crippen LogP) is 3.58. The van der Waals surface area contributed by atoms with Gasteiger partial charge in [-0.1, -0.05) is 11.6 Å². The van der Waals surface area contributed by atoms with Gasteiger partial charge in [0.1, 0.15) is 5.75 Å². The Hall–Kier alpha value is -2.47. The number of benzene rings is 2. The normalized spacial score (nSPS) is 10.1. The number of nitro benzene ring substituents is 1. The number of hydrogen-bond acceptors (Lipinski definition) is 5. The van der Waals surface area contributed by atoms with E-state index >= 15 is 0 Å². The van der Waals surface area contributed by atoms with E-state index in [4.69, 9.17) is 22.1 Å². The van der Waals surface area contributed by atoms with Gasteiger partial charge < -0.3 is 15.8 Å². The number of halogens is 1. The number of nitrogens with one attached hydrogen (secondary N) is 1. The van der Waals surface area contributed by atoms with Crippen LogP contribution in [0.25, 0.3) is 0 Å². The summed E-state index contributed by atoms with van der Waals surface area (Å²) in [4.78, 5) is 10.1. The monoisotopic (exact) mass is 293 g/mol. The quantitative estimate of drug-likeness (QED) is 0.511. The Kier molecular flexibility index (Phi) is 3.95. The van der Waals surface area contributed by atoms with Crippen molar-refractivity contribution in [2.24, 2.45) is 0 Å². The van der Waals surface area contributed by atoms with Gasteiger partial charge in [0.2, 0.25) is 0 Å². The number of nitrogens with zero attached hydrogens (tertiary/aromatic N) is 1. The van der Waals surface area contributed by atoms with E-state index in [-0.39, 0.29) is 11.4 Å². The van der Waals surface area contributed by atoms with Crippen LogP contribution in [0, 0.1) is 10.1 Å². The molecule has 6 nitrogen and oxygen atoms in total. The molecular weight excluding hydrogens is 282 g/mol. The molecule has 0 saturated carbocycles. The maximum absolute atomic E-state index is 10.6. The summed E-state index contributed by atoms with van der Waals surface area (Å²) in [6, 6.07) is 9.39. The molecule has 0 aromatic heterocycles. The van der Waals surface area contributed by atoms with E-state index in [0.29, 0.717) is 22.1 Å². The molecular formula is C13H12ClN3O3. The van der Waals surface area contributed by atoms with Gasteiger partial charge >= 0.3 is 0 Å². The fraction of sp³-hybridized carbons (Fsp3) is 0.0769. The Balaban J connectivity index is 2.26. The van der Waals surface area contributed by atoms with Crippen LogP contribution in [0.3, 0.4) is 0 Å². The molecule has 0 saturated heterocycles. The van der Waals surface area contributed by atoms with E-state index in [1.807, 2.05) is 0 Å². The third kappa shape index (κ3) is 2.92. The highest BCUT2D eigenvalue weighted by Crippen LogP contribution is 2.31. The lowest BCUT2D eigenvalue weighted by Crippen LogP contribution is -1.98.